The van der Waals surface area contributed by atoms with Crippen molar-refractivity contribution in [2.45, 2.75) is 32.5 Å². The molecule has 1 saturated heterocycles. The van der Waals surface area contributed by atoms with Crippen LogP contribution in [0, 0.1) is 0 Å². The van der Waals surface area contributed by atoms with Gasteiger partial charge < -0.3 is 19.7 Å². The lowest BCUT2D eigenvalue weighted by Gasteiger charge is -2.24. The number of amides is 2. The monoisotopic (exact) mass is 306 g/mol. The molecule has 0 aromatic heterocycles. The number of hydrogen-bond acceptors (Lipinski definition) is 3. The molecule has 22 heavy (non-hydrogen) atoms. The molecular formula is C17H26N2O3. The molecule has 5 heteroatoms. The molecule has 2 amide bonds. The number of rotatable bonds is 5. The largest absolute Gasteiger partial charge is 0.377 e. The minimum Gasteiger partial charge on any atom is -0.377 e. The van der Waals surface area contributed by atoms with Crippen molar-refractivity contribution in [1.82, 2.24) is 10.2 Å². The number of ether oxygens (including phenoxy) is 2. The van der Waals surface area contributed by atoms with E-state index in [1.807, 2.05) is 49.1 Å². The molecule has 2 atom stereocenters. The lowest BCUT2D eigenvalue weighted by atomic mass is 10.1. The molecule has 0 unspecified atom stereocenters. The summed E-state index contributed by atoms with van der Waals surface area (Å²) in [6.07, 6.45) is 0.853. The lowest BCUT2D eigenvalue weighted by Crippen LogP contribution is -2.44. The van der Waals surface area contributed by atoms with Crippen LogP contribution in [0.2, 0.25) is 0 Å². The maximum Gasteiger partial charge on any atom is 0.317 e. The molecule has 1 heterocycles. The highest BCUT2D eigenvalue weighted by Crippen LogP contribution is 2.16. The fourth-order valence-corrected chi connectivity index (χ4v) is 2.61. The molecule has 5 nitrogen and oxygen atoms in total. The summed E-state index contributed by atoms with van der Waals surface area (Å²) in [7, 11) is 0. The Kier molecular flexibility index (Phi) is 6.68. The van der Waals surface area contributed by atoms with Crippen LogP contribution in [0.4, 0.5) is 4.79 Å². The first-order valence-corrected chi connectivity index (χ1v) is 8.01. The van der Waals surface area contributed by atoms with Crippen LogP contribution in [0.1, 0.15) is 31.9 Å². The van der Waals surface area contributed by atoms with Crippen LogP contribution >= 0.6 is 0 Å². The van der Waals surface area contributed by atoms with Crippen LogP contribution in [0.25, 0.3) is 0 Å². The Hall–Kier alpha value is -1.59. The third-order valence-electron chi connectivity index (χ3n) is 3.72. The van der Waals surface area contributed by atoms with Crippen molar-refractivity contribution in [1.29, 1.82) is 0 Å². The average molecular weight is 306 g/mol. The molecule has 1 aliphatic heterocycles. The van der Waals surface area contributed by atoms with E-state index in [-0.39, 0.29) is 18.2 Å². The second-order valence-electron chi connectivity index (χ2n) is 5.52. The van der Waals surface area contributed by atoms with Gasteiger partial charge in [0.25, 0.3) is 0 Å². The van der Waals surface area contributed by atoms with Gasteiger partial charge in [-0.1, -0.05) is 30.3 Å². The SMILES string of the molecule is CCO[C@@H](CNC(=O)N1CCCO[C@H](C)C1)c1ccccc1. The Labute approximate surface area is 132 Å². The standard InChI is InChI=1S/C17H26N2O3/c1-3-21-16(15-8-5-4-6-9-15)12-18-17(20)19-10-7-11-22-14(2)13-19/h4-6,8-9,14,16H,3,7,10-13H2,1-2H3,(H,18,20)/t14-,16+/m1/s1. The highest BCUT2D eigenvalue weighted by atomic mass is 16.5. The highest BCUT2D eigenvalue weighted by molar-refractivity contribution is 5.74. The molecule has 0 saturated carbocycles. The Morgan fingerprint density at radius 3 is 2.95 bits per heavy atom. The van der Waals surface area contributed by atoms with Gasteiger partial charge in [-0.25, -0.2) is 4.79 Å². The summed E-state index contributed by atoms with van der Waals surface area (Å²) >= 11 is 0. The number of nitrogens with one attached hydrogen (secondary N) is 1. The van der Waals surface area contributed by atoms with E-state index in [9.17, 15) is 4.79 Å². The number of benzene rings is 1. The Morgan fingerprint density at radius 2 is 2.23 bits per heavy atom. The fourth-order valence-electron chi connectivity index (χ4n) is 2.61. The normalized spacial score (nSPS) is 20.3. The van der Waals surface area contributed by atoms with Crippen LogP contribution in [0.15, 0.2) is 30.3 Å². The van der Waals surface area contributed by atoms with Crippen LogP contribution in [-0.2, 0) is 9.47 Å². The van der Waals surface area contributed by atoms with Gasteiger partial charge in [-0.15, -0.1) is 0 Å². The maximum atomic E-state index is 12.3. The molecule has 0 aliphatic carbocycles. The second-order valence-corrected chi connectivity index (χ2v) is 5.52. The van der Waals surface area contributed by atoms with Gasteiger partial charge in [0.15, 0.2) is 0 Å². The van der Waals surface area contributed by atoms with E-state index in [1.54, 1.807) is 0 Å². The molecule has 2 rings (SSSR count). The van der Waals surface area contributed by atoms with Crippen molar-refractivity contribution in [2.24, 2.45) is 0 Å². The van der Waals surface area contributed by atoms with Gasteiger partial charge in [0.2, 0.25) is 0 Å². The molecule has 122 valence electrons. The van der Waals surface area contributed by atoms with Gasteiger partial charge >= 0.3 is 6.03 Å². The first kappa shape index (κ1) is 16.8. The van der Waals surface area contributed by atoms with Gasteiger partial charge in [-0.3, -0.25) is 0 Å². The number of carbonyl (C=O) groups excluding carboxylic acids is 1. The molecule has 1 aliphatic rings. The molecule has 1 aromatic rings. The van der Waals surface area contributed by atoms with E-state index < -0.39 is 0 Å². The zero-order valence-corrected chi connectivity index (χ0v) is 13.5. The summed E-state index contributed by atoms with van der Waals surface area (Å²) in [6, 6.07) is 9.94. The summed E-state index contributed by atoms with van der Waals surface area (Å²) < 4.78 is 11.3. The van der Waals surface area contributed by atoms with Gasteiger partial charge in [0, 0.05) is 32.8 Å². The molecule has 1 aromatic carbocycles. The number of carbonyl (C=O) groups is 1. The molecule has 0 bridgehead atoms. The van der Waals surface area contributed by atoms with Gasteiger partial charge in [-0.2, -0.15) is 0 Å². The molecular weight excluding hydrogens is 280 g/mol. The maximum absolute atomic E-state index is 12.3. The molecule has 1 fully saturated rings. The summed E-state index contributed by atoms with van der Waals surface area (Å²) in [4.78, 5) is 14.2. The summed E-state index contributed by atoms with van der Waals surface area (Å²) in [5.41, 5.74) is 1.08. The minimum atomic E-state index is -0.115. The fraction of sp³-hybridized carbons (Fsp3) is 0.588. The zero-order valence-electron chi connectivity index (χ0n) is 13.5. The van der Waals surface area contributed by atoms with E-state index in [2.05, 4.69) is 5.32 Å². The van der Waals surface area contributed by atoms with E-state index >= 15 is 0 Å². The van der Waals surface area contributed by atoms with E-state index in [0.29, 0.717) is 19.7 Å². The van der Waals surface area contributed by atoms with E-state index in [1.165, 1.54) is 0 Å². The first-order valence-electron chi connectivity index (χ1n) is 8.01. The number of urea groups is 1. The zero-order chi connectivity index (χ0) is 15.8. The minimum absolute atomic E-state index is 0.0435. The molecule has 0 radical (unpaired) electrons. The lowest BCUT2D eigenvalue weighted by molar-refractivity contribution is 0.0601. The van der Waals surface area contributed by atoms with Gasteiger partial charge in [0.1, 0.15) is 0 Å². The number of nitrogens with zero attached hydrogens (tertiary/aromatic N) is 1. The van der Waals surface area contributed by atoms with Gasteiger partial charge in [-0.05, 0) is 25.8 Å². The molecule has 1 N–H and O–H groups in total. The van der Waals surface area contributed by atoms with E-state index in [4.69, 9.17) is 9.47 Å². The Bertz CT molecular complexity index is 452. The Balaban J connectivity index is 1.89. The summed E-state index contributed by atoms with van der Waals surface area (Å²) in [6.45, 7) is 7.14. The van der Waals surface area contributed by atoms with E-state index in [0.717, 1.165) is 25.1 Å². The van der Waals surface area contributed by atoms with Crippen LogP contribution in [0.3, 0.4) is 0 Å². The van der Waals surface area contributed by atoms with Crippen LogP contribution < -0.4 is 5.32 Å². The van der Waals surface area contributed by atoms with Crippen molar-refractivity contribution in [3.05, 3.63) is 35.9 Å². The first-order chi connectivity index (χ1) is 10.7. The number of hydrogen-bond donors (Lipinski definition) is 1. The topological polar surface area (TPSA) is 50.8 Å². The third-order valence-corrected chi connectivity index (χ3v) is 3.72. The quantitative estimate of drug-likeness (QED) is 0.909. The summed E-state index contributed by atoms with van der Waals surface area (Å²) in [5.74, 6) is 0. The molecule has 0 spiro atoms. The average Bonchev–Trinajstić information content (AvgIpc) is 2.76. The highest BCUT2D eigenvalue weighted by Gasteiger charge is 2.21. The van der Waals surface area contributed by atoms with Crippen molar-refractivity contribution in [2.75, 3.05) is 32.8 Å². The Morgan fingerprint density at radius 1 is 1.45 bits per heavy atom. The summed E-state index contributed by atoms with van der Waals surface area (Å²) in [5, 5.41) is 2.99. The third kappa shape index (κ3) is 5.00. The van der Waals surface area contributed by atoms with Crippen LogP contribution in [-0.4, -0.2) is 49.9 Å². The van der Waals surface area contributed by atoms with Crippen molar-refractivity contribution >= 4 is 6.03 Å². The van der Waals surface area contributed by atoms with Gasteiger partial charge in [0.05, 0.1) is 12.2 Å². The van der Waals surface area contributed by atoms with Crippen molar-refractivity contribution in [3.8, 4) is 0 Å². The smallest absolute Gasteiger partial charge is 0.317 e. The van der Waals surface area contributed by atoms with Crippen LogP contribution in [0.5, 0.6) is 0 Å². The van der Waals surface area contributed by atoms with Crippen molar-refractivity contribution < 1.29 is 14.3 Å². The second kappa shape index (κ2) is 8.76. The predicted molar refractivity (Wildman–Crippen MR) is 85.8 cm³/mol. The predicted octanol–water partition coefficient (Wildman–Crippen LogP) is 2.58. The van der Waals surface area contributed by atoms with Crippen molar-refractivity contribution in [3.63, 3.8) is 0 Å².